The monoisotopic (exact) mass is 239 g/mol. The van der Waals surface area contributed by atoms with Gasteiger partial charge in [-0.05, 0) is 38.1 Å². The molecule has 1 heterocycles. The predicted octanol–water partition coefficient (Wildman–Crippen LogP) is 2.90. The summed E-state index contributed by atoms with van der Waals surface area (Å²) < 4.78 is 0. The zero-order valence-corrected chi connectivity index (χ0v) is 10.7. The summed E-state index contributed by atoms with van der Waals surface area (Å²) in [5, 5.41) is 8.89. The zero-order valence-electron chi connectivity index (χ0n) is 10.7. The molecule has 17 heavy (non-hydrogen) atoms. The summed E-state index contributed by atoms with van der Waals surface area (Å²) in [4.78, 5) is 13.4. The van der Waals surface area contributed by atoms with Crippen molar-refractivity contribution in [3.05, 3.63) is 0 Å². The summed E-state index contributed by atoms with van der Waals surface area (Å²) in [6.07, 6.45) is 10.8. The lowest BCUT2D eigenvalue weighted by Crippen LogP contribution is -2.43. The van der Waals surface area contributed by atoms with Crippen molar-refractivity contribution in [2.45, 2.75) is 63.8 Å². The first kappa shape index (κ1) is 12.9. The van der Waals surface area contributed by atoms with Crippen LogP contribution in [0.4, 0.5) is 0 Å². The molecule has 2 fully saturated rings. The van der Waals surface area contributed by atoms with E-state index in [2.05, 4.69) is 4.90 Å². The van der Waals surface area contributed by atoms with Crippen LogP contribution in [0.3, 0.4) is 0 Å². The molecule has 0 aromatic carbocycles. The molecule has 1 saturated carbocycles. The van der Waals surface area contributed by atoms with Gasteiger partial charge >= 0.3 is 5.97 Å². The minimum atomic E-state index is -0.627. The highest BCUT2D eigenvalue weighted by Gasteiger charge is 2.27. The van der Waals surface area contributed by atoms with Gasteiger partial charge in [-0.3, -0.25) is 4.79 Å². The molecule has 0 aromatic rings. The van der Waals surface area contributed by atoms with E-state index in [-0.39, 0.29) is 0 Å². The molecule has 0 bridgehead atoms. The highest BCUT2D eigenvalue weighted by molar-refractivity contribution is 5.67. The molecule has 1 aliphatic heterocycles. The molecule has 1 unspecified atom stereocenters. The van der Waals surface area contributed by atoms with Crippen LogP contribution in [0.25, 0.3) is 0 Å². The number of carboxylic acid groups (broad SMARTS) is 1. The molecule has 1 N–H and O–H groups in total. The lowest BCUT2D eigenvalue weighted by Gasteiger charge is -2.37. The summed E-state index contributed by atoms with van der Waals surface area (Å²) in [6.45, 7) is 2.22. The van der Waals surface area contributed by atoms with Crippen LogP contribution in [0.5, 0.6) is 0 Å². The van der Waals surface area contributed by atoms with Crippen LogP contribution in [0.1, 0.15) is 57.8 Å². The second-order valence-electron chi connectivity index (χ2n) is 5.75. The Kier molecular flexibility index (Phi) is 4.84. The van der Waals surface area contributed by atoms with E-state index < -0.39 is 5.97 Å². The summed E-state index contributed by atoms with van der Waals surface area (Å²) in [6, 6.07) is 0.745. The van der Waals surface area contributed by atoms with E-state index in [0.717, 1.165) is 19.0 Å². The molecule has 1 atom stereocenters. The first-order chi connectivity index (χ1) is 8.25. The summed E-state index contributed by atoms with van der Waals surface area (Å²) in [5.74, 6) is -0.234. The number of hydrogen-bond donors (Lipinski definition) is 1. The second-order valence-corrected chi connectivity index (χ2v) is 5.75. The van der Waals surface area contributed by atoms with Crippen LogP contribution in [-0.2, 0) is 4.79 Å². The molecule has 2 aliphatic rings. The van der Waals surface area contributed by atoms with Crippen molar-refractivity contribution >= 4 is 5.97 Å². The van der Waals surface area contributed by atoms with Crippen LogP contribution in [0.15, 0.2) is 0 Å². The number of aliphatic carboxylic acids is 1. The number of carboxylic acids is 1. The SMILES string of the molecule is O=C(O)CC1CCCN(C2CCCCCC2)C1. The van der Waals surface area contributed by atoms with Crippen LogP contribution in [-0.4, -0.2) is 35.1 Å². The highest BCUT2D eigenvalue weighted by atomic mass is 16.4. The minimum Gasteiger partial charge on any atom is -0.481 e. The summed E-state index contributed by atoms with van der Waals surface area (Å²) in [5.41, 5.74) is 0. The van der Waals surface area contributed by atoms with E-state index in [4.69, 9.17) is 5.11 Å². The number of piperidine rings is 1. The Labute approximate surface area is 104 Å². The molecule has 0 spiro atoms. The van der Waals surface area contributed by atoms with E-state index in [1.807, 2.05) is 0 Å². The number of hydrogen-bond acceptors (Lipinski definition) is 2. The zero-order chi connectivity index (χ0) is 12.1. The maximum absolute atomic E-state index is 10.8. The molecule has 0 aromatic heterocycles. The standard InChI is InChI=1S/C14H25NO2/c16-14(17)10-12-6-5-9-15(11-12)13-7-3-1-2-4-8-13/h12-13H,1-11H2,(H,16,17). The van der Waals surface area contributed by atoms with Gasteiger partial charge in [0.1, 0.15) is 0 Å². The third-order valence-corrected chi connectivity index (χ3v) is 4.35. The first-order valence-electron chi connectivity index (χ1n) is 7.21. The third-order valence-electron chi connectivity index (χ3n) is 4.35. The van der Waals surface area contributed by atoms with Crippen LogP contribution in [0, 0.1) is 5.92 Å². The Bertz CT molecular complexity index is 247. The molecule has 1 saturated heterocycles. The van der Waals surface area contributed by atoms with E-state index in [1.165, 1.54) is 51.5 Å². The molecule has 98 valence electrons. The molecule has 0 radical (unpaired) electrons. The maximum Gasteiger partial charge on any atom is 0.303 e. The average molecular weight is 239 g/mol. The van der Waals surface area contributed by atoms with Crippen molar-refractivity contribution in [3.63, 3.8) is 0 Å². The van der Waals surface area contributed by atoms with Gasteiger partial charge in [-0.2, -0.15) is 0 Å². The fraction of sp³-hybridized carbons (Fsp3) is 0.929. The van der Waals surface area contributed by atoms with E-state index >= 15 is 0 Å². The highest BCUT2D eigenvalue weighted by Crippen LogP contribution is 2.27. The number of likely N-dealkylation sites (tertiary alicyclic amines) is 1. The lowest BCUT2D eigenvalue weighted by molar-refractivity contribution is -0.138. The van der Waals surface area contributed by atoms with Gasteiger partial charge in [0.2, 0.25) is 0 Å². The Balaban J connectivity index is 1.84. The summed E-state index contributed by atoms with van der Waals surface area (Å²) in [7, 11) is 0. The molecule has 1 aliphatic carbocycles. The quantitative estimate of drug-likeness (QED) is 0.770. The van der Waals surface area contributed by atoms with Gasteiger partial charge in [0.05, 0.1) is 0 Å². The van der Waals surface area contributed by atoms with Crippen molar-refractivity contribution in [3.8, 4) is 0 Å². The number of carbonyl (C=O) groups is 1. The average Bonchev–Trinajstić information content (AvgIpc) is 2.57. The van der Waals surface area contributed by atoms with Gasteiger partial charge in [0.15, 0.2) is 0 Å². The van der Waals surface area contributed by atoms with Gasteiger partial charge in [0, 0.05) is 19.0 Å². The van der Waals surface area contributed by atoms with Gasteiger partial charge in [-0.15, -0.1) is 0 Å². The maximum atomic E-state index is 10.8. The molecule has 2 rings (SSSR count). The molecule has 3 heteroatoms. The normalized spacial score (nSPS) is 28.8. The predicted molar refractivity (Wildman–Crippen MR) is 68.0 cm³/mol. The smallest absolute Gasteiger partial charge is 0.303 e. The Morgan fingerprint density at radius 3 is 2.41 bits per heavy atom. The molecular formula is C14H25NO2. The van der Waals surface area contributed by atoms with Crippen LogP contribution in [0.2, 0.25) is 0 Å². The number of rotatable bonds is 3. The van der Waals surface area contributed by atoms with Gasteiger partial charge in [-0.25, -0.2) is 0 Å². The summed E-state index contributed by atoms with van der Waals surface area (Å²) >= 11 is 0. The van der Waals surface area contributed by atoms with Gasteiger partial charge < -0.3 is 10.0 Å². The molecule has 0 amide bonds. The fourth-order valence-electron chi connectivity index (χ4n) is 3.47. The van der Waals surface area contributed by atoms with Crippen molar-refractivity contribution in [2.75, 3.05) is 13.1 Å². The second kappa shape index (κ2) is 6.39. The van der Waals surface area contributed by atoms with E-state index in [0.29, 0.717) is 12.3 Å². The Morgan fingerprint density at radius 2 is 1.76 bits per heavy atom. The van der Waals surface area contributed by atoms with Crippen molar-refractivity contribution in [1.29, 1.82) is 0 Å². The largest absolute Gasteiger partial charge is 0.481 e. The van der Waals surface area contributed by atoms with Crippen molar-refractivity contribution in [1.82, 2.24) is 4.90 Å². The van der Waals surface area contributed by atoms with Crippen LogP contribution < -0.4 is 0 Å². The van der Waals surface area contributed by atoms with Crippen molar-refractivity contribution in [2.24, 2.45) is 5.92 Å². The Morgan fingerprint density at radius 1 is 1.06 bits per heavy atom. The topological polar surface area (TPSA) is 40.5 Å². The van der Waals surface area contributed by atoms with Crippen LogP contribution >= 0.6 is 0 Å². The fourth-order valence-corrected chi connectivity index (χ4v) is 3.47. The molecular weight excluding hydrogens is 214 g/mol. The lowest BCUT2D eigenvalue weighted by atomic mass is 9.92. The van der Waals surface area contributed by atoms with Gasteiger partial charge in [0.25, 0.3) is 0 Å². The van der Waals surface area contributed by atoms with E-state index in [9.17, 15) is 4.79 Å². The van der Waals surface area contributed by atoms with Gasteiger partial charge in [-0.1, -0.05) is 25.7 Å². The first-order valence-corrected chi connectivity index (χ1v) is 7.21. The minimum absolute atomic E-state index is 0.364. The molecule has 3 nitrogen and oxygen atoms in total. The third kappa shape index (κ3) is 3.98. The van der Waals surface area contributed by atoms with Crippen molar-refractivity contribution < 1.29 is 9.90 Å². The van der Waals surface area contributed by atoms with E-state index in [1.54, 1.807) is 0 Å². The Hall–Kier alpha value is -0.570. The number of nitrogens with zero attached hydrogens (tertiary/aromatic N) is 1.